The first-order valence-electron chi connectivity index (χ1n) is 6.47. The Morgan fingerprint density at radius 3 is 2.79 bits per heavy atom. The van der Waals surface area contributed by atoms with Gasteiger partial charge in [0.1, 0.15) is 0 Å². The van der Waals surface area contributed by atoms with Crippen LogP contribution in [0, 0.1) is 4.77 Å². The summed E-state index contributed by atoms with van der Waals surface area (Å²) in [5, 5.41) is 7.17. The minimum Gasteiger partial charge on any atom is -0.344 e. The van der Waals surface area contributed by atoms with E-state index in [1.807, 2.05) is 36.1 Å². The maximum Gasteiger partial charge on any atom is 0.225 e. The molecule has 0 amide bonds. The third-order valence-electron chi connectivity index (χ3n) is 3.01. The average Bonchev–Trinajstić information content (AvgIpc) is 2.80. The first kappa shape index (κ1) is 13.7. The lowest BCUT2D eigenvalue weighted by molar-refractivity contribution is 0.654. The third-order valence-corrected chi connectivity index (χ3v) is 3.32. The molecule has 0 atom stereocenters. The van der Waals surface area contributed by atoms with Crippen LogP contribution in [-0.2, 0) is 13.0 Å². The fourth-order valence-corrected chi connectivity index (χ4v) is 2.19. The Hall–Kier alpha value is -1.69. The van der Waals surface area contributed by atoms with Crippen LogP contribution < -0.4 is 4.90 Å². The van der Waals surface area contributed by atoms with Crippen LogP contribution in [0.3, 0.4) is 0 Å². The summed E-state index contributed by atoms with van der Waals surface area (Å²) in [6.45, 7) is 3.92. The molecule has 5 nitrogen and oxygen atoms in total. The summed E-state index contributed by atoms with van der Waals surface area (Å²) in [6, 6.07) is 4.08. The minimum atomic E-state index is 0.688. The molecule has 0 saturated carbocycles. The second-order valence-electron chi connectivity index (χ2n) is 4.51. The zero-order valence-electron chi connectivity index (χ0n) is 11.3. The van der Waals surface area contributed by atoms with Gasteiger partial charge in [0.15, 0.2) is 4.77 Å². The highest BCUT2D eigenvalue weighted by Crippen LogP contribution is 2.11. The number of anilines is 1. The highest BCUT2D eigenvalue weighted by molar-refractivity contribution is 7.71. The zero-order valence-corrected chi connectivity index (χ0v) is 12.2. The van der Waals surface area contributed by atoms with Gasteiger partial charge in [-0.05, 0) is 42.8 Å². The number of aromatic amines is 1. The van der Waals surface area contributed by atoms with Crippen LogP contribution >= 0.6 is 12.2 Å². The van der Waals surface area contributed by atoms with E-state index >= 15 is 0 Å². The van der Waals surface area contributed by atoms with Crippen molar-refractivity contribution in [3.05, 3.63) is 34.9 Å². The SMILES string of the molecule is CCCn1c(N(C)CCc2ccncc2)n[nH]c1=S. The lowest BCUT2D eigenvalue weighted by Crippen LogP contribution is -2.24. The van der Waals surface area contributed by atoms with Crippen LogP contribution in [0.5, 0.6) is 0 Å². The lowest BCUT2D eigenvalue weighted by atomic mass is 10.2. The molecule has 2 aromatic heterocycles. The van der Waals surface area contributed by atoms with Crippen LogP contribution in [-0.4, -0.2) is 33.3 Å². The number of nitrogens with zero attached hydrogens (tertiary/aromatic N) is 4. The van der Waals surface area contributed by atoms with Crippen LogP contribution in [0.4, 0.5) is 5.95 Å². The van der Waals surface area contributed by atoms with Crippen LogP contribution in [0.15, 0.2) is 24.5 Å². The Bertz CT molecular complexity index is 560. The molecule has 1 N–H and O–H groups in total. The molecule has 2 aromatic rings. The van der Waals surface area contributed by atoms with Gasteiger partial charge in [-0.25, -0.2) is 5.10 Å². The van der Waals surface area contributed by atoms with Crippen molar-refractivity contribution in [3.8, 4) is 0 Å². The normalized spacial score (nSPS) is 10.6. The molecule has 0 aliphatic rings. The van der Waals surface area contributed by atoms with Gasteiger partial charge in [-0.3, -0.25) is 9.55 Å². The van der Waals surface area contributed by atoms with Gasteiger partial charge < -0.3 is 4.90 Å². The van der Waals surface area contributed by atoms with E-state index in [4.69, 9.17) is 12.2 Å². The van der Waals surface area contributed by atoms with Crippen molar-refractivity contribution in [1.82, 2.24) is 19.7 Å². The van der Waals surface area contributed by atoms with Gasteiger partial charge in [0.2, 0.25) is 5.95 Å². The number of rotatable bonds is 6. The first-order valence-corrected chi connectivity index (χ1v) is 6.88. The van der Waals surface area contributed by atoms with Gasteiger partial charge in [0.25, 0.3) is 0 Å². The van der Waals surface area contributed by atoms with E-state index in [0.717, 1.165) is 31.9 Å². The van der Waals surface area contributed by atoms with E-state index in [9.17, 15) is 0 Å². The standard InChI is InChI=1S/C13H19N5S/c1-3-9-18-12(15-16-13(18)19)17(2)10-6-11-4-7-14-8-5-11/h4-5,7-8H,3,6,9-10H2,1-2H3,(H,16,19). The molecule has 19 heavy (non-hydrogen) atoms. The van der Waals surface area contributed by atoms with E-state index < -0.39 is 0 Å². The number of likely N-dealkylation sites (N-methyl/N-ethyl adjacent to an activating group) is 1. The van der Waals surface area contributed by atoms with Crippen molar-refractivity contribution in [2.45, 2.75) is 26.3 Å². The fourth-order valence-electron chi connectivity index (χ4n) is 1.97. The summed E-state index contributed by atoms with van der Waals surface area (Å²) in [7, 11) is 2.04. The number of pyridine rings is 1. The predicted molar refractivity (Wildman–Crippen MR) is 78.9 cm³/mol. The number of aromatic nitrogens is 4. The van der Waals surface area contributed by atoms with E-state index in [-0.39, 0.29) is 0 Å². The molecule has 0 spiro atoms. The van der Waals surface area contributed by atoms with Crippen molar-refractivity contribution >= 4 is 18.2 Å². The second kappa shape index (κ2) is 6.47. The molecule has 102 valence electrons. The van der Waals surface area contributed by atoms with Crippen LogP contribution in [0.2, 0.25) is 0 Å². The van der Waals surface area contributed by atoms with Gasteiger partial charge in [-0.2, -0.15) is 0 Å². The van der Waals surface area contributed by atoms with Crippen molar-refractivity contribution in [2.75, 3.05) is 18.5 Å². The molecule has 0 radical (unpaired) electrons. The Kier molecular flexibility index (Phi) is 4.68. The Morgan fingerprint density at radius 2 is 2.11 bits per heavy atom. The summed E-state index contributed by atoms with van der Waals surface area (Å²) in [5.41, 5.74) is 1.28. The van der Waals surface area contributed by atoms with Crippen molar-refractivity contribution in [2.24, 2.45) is 0 Å². The smallest absolute Gasteiger partial charge is 0.225 e. The van der Waals surface area contributed by atoms with Gasteiger partial charge >= 0.3 is 0 Å². The zero-order chi connectivity index (χ0) is 13.7. The molecule has 0 bridgehead atoms. The molecule has 0 unspecified atom stereocenters. The molecule has 6 heteroatoms. The molecular weight excluding hydrogens is 258 g/mol. The quantitative estimate of drug-likeness (QED) is 0.824. The van der Waals surface area contributed by atoms with Gasteiger partial charge in [-0.15, -0.1) is 5.10 Å². The van der Waals surface area contributed by atoms with Crippen LogP contribution in [0.25, 0.3) is 0 Å². The van der Waals surface area contributed by atoms with Gasteiger partial charge in [-0.1, -0.05) is 6.92 Å². The summed E-state index contributed by atoms with van der Waals surface area (Å²) in [4.78, 5) is 6.15. The molecule has 0 aliphatic heterocycles. The van der Waals surface area contributed by atoms with E-state index in [1.54, 1.807) is 0 Å². The van der Waals surface area contributed by atoms with Crippen molar-refractivity contribution in [1.29, 1.82) is 0 Å². The number of nitrogens with one attached hydrogen (secondary N) is 1. The minimum absolute atomic E-state index is 0.688. The molecule has 2 heterocycles. The number of H-pyrrole nitrogens is 1. The van der Waals surface area contributed by atoms with E-state index in [1.165, 1.54) is 5.56 Å². The Balaban J connectivity index is 2.04. The highest BCUT2D eigenvalue weighted by Gasteiger charge is 2.10. The highest BCUT2D eigenvalue weighted by atomic mass is 32.1. The Morgan fingerprint density at radius 1 is 1.37 bits per heavy atom. The molecule has 0 fully saturated rings. The average molecular weight is 277 g/mol. The fraction of sp³-hybridized carbons (Fsp3) is 0.462. The summed E-state index contributed by atoms with van der Waals surface area (Å²) < 4.78 is 2.73. The van der Waals surface area contributed by atoms with Crippen molar-refractivity contribution in [3.63, 3.8) is 0 Å². The number of hydrogen-bond acceptors (Lipinski definition) is 4. The lowest BCUT2D eigenvalue weighted by Gasteiger charge is -2.18. The van der Waals surface area contributed by atoms with E-state index in [2.05, 4.69) is 27.0 Å². The maximum absolute atomic E-state index is 5.25. The molecule has 2 rings (SSSR count). The molecular formula is C13H19N5S. The van der Waals surface area contributed by atoms with Gasteiger partial charge in [0, 0.05) is 32.5 Å². The predicted octanol–water partition coefficient (Wildman–Crippen LogP) is 2.42. The maximum atomic E-state index is 5.25. The Labute approximate surface area is 118 Å². The summed E-state index contributed by atoms with van der Waals surface area (Å²) >= 11 is 5.25. The third kappa shape index (κ3) is 3.41. The summed E-state index contributed by atoms with van der Waals surface area (Å²) in [6.07, 6.45) is 5.65. The topological polar surface area (TPSA) is 49.7 Å². The molecule has 0 saturated heterocycles. The molecule has 0 aliphatic carbocycles. The first-order chi connectivity index (χ1) is 9.22. The summed E-state index contributed by atoms with van der Waals surface area (Å²) in [5.74, 6) is 0.904. The van der Waals surface area contributed by atoms with Crippen LogP contribution in [0.1, 0.15) is 18.9 Å². The van der Waals surface area contributed by atoms with E-state index in [0.29, 0.717) is 4.77 Å². The van der Waals surface area contributed by atoms with Gasteiger partial charge in [0.05, 0.1) is 0 Å². The largest absolute Gasteiger partial charge is 0.344 e. The second-order valence-corrected chi connectivity index (χ2v) is 4.89. The van der Waals surface area contributed by atoms with Crippen molar-refractivity contribution < 1.29 is 0 Å². The monoisotopic (exact) mass is 277 g/mol. The molecule has 0 aromatic carbocycles. The number of hydrogen-bond donors (Lipinski definition) is 1.